The highest BCUT2D eigenvalue weighted by molar-refractivity contribution is 7.90. The molecule has 1 aromatic rings. The largest absolute Gasteiger partial charge is 0.508 e. The molecule has 82 valence electrons. The second-order valence-electron chi connectivity index (χ2n) is 3.10. The summed E-state index contributed by atoms with van der Waals surface area (Å²) < 4.78 is 26.6. The molecule has 0 saturated heterocycles. The Balaban J connectivity index is 3.29. The van der Waals surface area contributed by atoms with Crippen LogP contribution in [-0.2, 0) is 14.6 Å². The van der Waals surface area contributed by atoms with Crippen LogP contribution in [0.1, 0.15) is 0 Å². The first-order chi connectivity index (χ1) is 6.84. The highest BCUT2D eigenvalue weighted by Crippen LogP contribution is 2.11. The first kappa shape index (κ1) is 12.0. The molecule has 0 aliphatic carbocycles. The standard InChI is InChI=1S/C7H11BN2O4S/c1-15(12,13)7-3-5(8(11)14-10)2-6(9)4-7/h2-4,11H,9-10H2,1H3. The lowest BCUT2D eigenvalue weighted by atomic mass is 9.80. The van der Waals surface area contributed by atoms with Gasteiger partial charge in [0.25, 0.3) is 0 Å². The third-order valence-electron chi connectivity index (χ3n) is 1.79. The molecular formula is C7H11BN2O4S. The second kappa shape index (κ2) is 4.19. The van der Waals surface area contributed by atoms with Gasteiger partial charge in [-0.15, -0.1) is 0 Å². The number of hydrogen-bond donors (Lipinski definition) is 3. The molecule has 5 N–H and O–H groups in total. The van der Waals surface area contributed by atoms with Crippen molar-refractivity contribution in [2.45, 2.75) is 4.90 Å². The minimum absolute atomic E-state index is 0.00796. The SMILES string of the molecule is CS(=O)(=O)c1cc(N)cc(B(O)ON)c1. The van der Waals surface area contributed by atoms with Crippen molar-refractivity contribution >= 4 is 28.1 Å². The van der Waals surface area contributed by atoms with Gasteiger partial charge < -0.3 is 15.5 Å². The van der Waals surface area contributed by atoms with Crippen LogP contribution in [0.5, 0.6) is 0 Å². The van der Waals surface area contributed by atoms with Crippen LogP contribution >= 0.6 is 0 Å². The summed E-state index contributed by atoms with van der Waals surface area (Å²) in [6.45, 7) is 0. The summed E-state index contributed by atoms with van der Waals surface area (Å²) in [5, 5.41) is 9.25. The van der Waals surface area contributed by atoms with Crippen molar-refractivity contribution in [3.8, 4) is 0 Å². The van der Waals surface area contributed by atoms with Gasteiger partial charge >= 0.3 is 7.12 Å². The van der Waals surface area contributed by atoms with Crippen molar-refractivity contribution in [1.29, 1.82) is 0 Å². The van der Waals surface area contributed by atoms with Gasteiger partial charge in [0.2, 0.25) is 0 Å². The van der Waals surface area contributed by atoms with E-state index in [0.717, 1.165) is 6.26 Å². The third kappa shape index (κ3) is 2.93. The molecule has 0 saturated carbocycles. The Morgan fingerprint density at radius 2 is 2.00 bits per heavy atom. The molecule has 0 unspecified atom stereocenters. The number of benzene rings is 1. The molecule has 0 spiro atoms. The Bertz CT molecular complexity index is 462. The summed E-state index contributed by atoms with van der Waals surface area (Å²) in [4.78, 5) is 0.00796. The van der Waals surface area contributed by atoms with Crippen molar-refractivity contribution in [3.05, 3.63) is 18.2 Å². The van der Waals surface area contributed by atoms with Crippen LogP contribution in [0.25, 0.3) is 0 Å². The molecule has 0 aliphatic heterocycles. The maximum atomic E-state index is 11.2. The van der Waals surface area contributed by atoms with Crippen molar-refractivity contribution in [1.82, 2.24) is 0 Å². The lowest BCUT2D eigenvalue weighted by Crippen LogP contribution is -2.36. The minimum atomic E-state index is -3.38. The van der Waals surface area contributed by atoms with Crippen LogP contribution in [0.3, 0.4) is 0 Å². The zero-order valence-electron chi connectivity index (χ0n) is 8.04. The van der Waals surface area contributed by atoms with E-state index in [9.17, 15) is 13.4 Å². The van der Waals surface area contributed by atoms with Crippen molar-refractivity contribution < 1.29 is 18.2 Å². The highest BCUT2D eigenvalue weighted by atomic mass is 32.2. The van der Waals surface area contributed by atoms with Gasteiger partial charge in [0, 0.05) is 11.9 Å². The van der Waals surface area contributed by atoms with E-state index in [4.69, 9.17) is 11.6 Å². The molecule has 0 bridgehead atoms. The predicted molar refractivity (Wildman–Crippen MR) is 56.8 cm³/mol. The Hall–Kier alpha value is -1.09. The Morgan fingerprint density at radius 3 is 2.47 bits per heavy atom. The fraction of sp³-hybridized carbons (Fsp3) is 0.143. The lowest BCUT2D eigenvalue weighted by Gasteiger charge is -2.07. The van der Waals surface area contributed by atoms with Crippen molar-refractivity contribution in [2.24, 2.45) is 5.90 Å². The van der Waals surface area contributed by atoms with Crippen LogP contribution in [0.2, 0.25) is 0 Å². The molecule has 0 fully saturated rings. The van der Waals surface area contributed by atoms with E-state index in [2.05, 4.69) is 4.76 Å². The Kier molecular flexibility index (Phi) is 3.35. The maximum Gasteiger partial charge on any atom is 0.508 e. The van der Waals surface area contributed by atoms with Gasteiger partial charge in [0.1, 0.15) is 0 Å². The maximum absolute atomic E-state index is 11.2. The molecule has 0 radical (unpaired) electrons. The monoisotopic (exact) mass is 230 g/mol. The van der Waals surface area contributed by atoms with Crippen LogP contribution in [0.15, 0.2) is 23.1 Å². The van der Waals surface area contributed by atoms with E-state index in [1.165, 1.54) is 18.2 Å². The van der Waals surface area contributed by atoms with Gasteiger partial charge in [0.05, 0.1) is 4.90 Å². The molecular weight excluding hydrogens is 219 g/mol. The van der Waals surface area contributed by atoms with Gasteiger partial charge in [-0.3, -0.25) is 0 Å². The van der Waals surface area contributed by atoms with E-state index in [-0.39, 0.29) is 16.0 Å². The average Bonchev–Trinajstić information content (AvgIpc) is 2.14. The van der Waals surface area contributed by atoms with E-state index >= 15 is 0 Å². The fourth-order valence-electron chi connectivity index (χ4n) is 1.08. The van der Waals surface area contributed by atoms with Gasteiger partial charge in [-0.1, -0.05) is 0 Å². The van der Waals surface area contributed by atoms with Crippen LogP contribution < -0.4 is 17.1 Å². The predicted octanol–water partition coefficient (Wildman–Crippen LogP) is -1.75. The molecule has 6 nitrogen and oxygen atoms in total. The second-order valence-corrected chi connectivity index (χ2v) is 5.11. The van der Waals surface area contributed by atoms with Crippen LogP contribution in [-0.4, -0.2) is 26.8 Å². The molecule has 8 heteroatoms. The normalized spacial score (nSPS) is 11.4. The van der Waals surface area contributed by atoms with Gasteiger partial charge in [0.15, 0.2) is 9.84 Å². The van der Waals surface area contributed by atoms with E-state index in [1.807, 2.05) is 0 Å². The summed E-state index contributed by atoms with van der Waals surface area (Å²) in [6.07, 6.45) is 1.04. The van der Waals surface area contributed by atoms with Crippen LogP contribution in [0, 0.1) is 0 Å². The number of hydrogen-bond acceptors (Lipinski definition) is 6. The molecule has 0 aromatic heterocycles. The quantitative estimate of drug-likeness (QED) is 0.322. The average molecular weight is 230 g/mol. The number of nitrogens with two attached hydrogens (primary N) is 2. The lowest BCUT2D eigenvalue weighted by molar-refractivity contribution is 0.281. The number of anilines is 1. The zero-order valence-corrected chi connectivity index (χ0v) is 8.86. The smallest absolute Gasteiger partial charge is 0.422 e. The zero-order chi connectivity index (χ0) is 11.6. The molecule has 15 heavy (non-hydrogen) atoms. The van der Waals surface area contributed by atoms with Gasteiger partial charge in [-0.25, -0.2) is 14.3 Å². The number of nitrogen functional groups attached to an aromatic ring is 1. The Morgan fingerprint density at radius 1 is 1.40 bits per heavy atom. The first-order valence-corrected chi connectivity index (χ1v) is 5.88. The first-order valence-electron chi connectivity index (χ1n) is 3.98. The van der Waals surface area contributed by atoms with E-state index < -0.39 is 17.0 Å². The summed E-state index contributed by atoms with van der Waals surface area (Å²) in [7, 11) is -4.77. The van der Waals surface area contributed by atoms with E-state index in [1.54, 1.807) is 0 Å². The molecule has 0 atom stereocenters. The van der Waals surface area contributed by atoms with Gasteiger partial charge in [-0.05, 0) is 23.7 Å². The van der Waals surface area contributed by atoms with Crippen LogP contribution in [0.4, 0.5) is 5.69 Å². The number of sulfone groups is 1. The van der Waals surface area contributed by atoms with Crippen molar-refractivity contribution in [3.63, 3.8) is 0 Å². The third-order valence-corrected chi connectivity index (χ3v) is 2.89. The minimum Gasteiger partial charge on any atom is -0.422 e. The van der Waals surface area contributed by atoms with Crippen molar-refractivity contribution in [2.75, 3.05) is 12.0 Å². The molecule has 0 amide bonds. The highest BCUT2D eigenvalue weighted by Gasteiger charge is 2.19. The summed E-state index contributed by atoms with van der Waals surface area (Å²) in [5.74, 6) is 4.77. The summed E-state index contributed by atoms with van der Waals surface area (Å²) in [6, 6.07) is 3.93. The molecule has 0 heterocycles. The molecule has 1 aromatic carbocycles. The van der Waals surface area contributed by atoms with E-state index in [0.29, 0.717) is 0 Å². The topological polar surface area (TPSA) is 116 Å². The Labute approximate surface area is 87.9 Å². The number of rotatable bonds is 3. The fourth-order valence-corrected chi connectivity index (χ4v) is 1.78. The molecule has 0 aliphatic rings. The molecule has 1 rings (SSSR count). The summed E-state index contributed by atoms with van der Waals surface area (Å²) >= 11 is 0. The van der Waals surface area contributed by atoms with Gasteiger partial charge in [-0.2, -0.15) is 0 Å². The summed E-state index contributed by atoms with van der Waals surface area (Å²) in [5.41, 5.74) is 5.88.